The van der Waals surface area contributed by atoms with E-state index in [1.807, 2.05) is 60.0 Å². The molecule has 4 rings (SSSR count). The summed E-state index contributed by atoms with van der Waals surface area (Å²) in [6.45, 7) is 2.88. The van der Waals surface area contributed by atoms with Crippen molar-refractivity contribution in [1.82, 2.24) is 14.9 Å². The largest absolute Gasteiger partial charge is 0.497 e. The van der Waals surface area contributed by atoms with Crippen LogP contribution in [0.3, 0.4) is 0 Å². The van der Waals surface area contributed by atoms with E-state index in [1.54, 1.807) is 20.5 Å². The number of hydrogen-bond acceptors (Lipinski definition) is 5. The maximum atomic E-state index is 12.8. The van der Waals surface area contributed by atoms with E-state index >= 15 is 0 Å². The molecule has 1 aliphatic rings. The van der Waals surface area contributed by atoms with Crippen molar-refractivity contribution in [2.75, 3.05) is 14.2 Å². The lowest BCUT2D eigenvalue weighted by atomic mass is 10.1. The Hall–Kier alpha value is -3.32. The number of amides is 1. The Labute approximate surface area is 175 Å². The van der Waals surface area contributed by atoms with Gasteiger partial charge in [0.25, 0.3) is 5.91 Å². The Bertz CT molecular complexity index is 1010. The van der Waals surface area contributed by atoms with Crippen molar-refractivity contribution in [2.45, 2.75) is 32.2 Å². The van der Waals surface area contributed by atoms with Gasteiger partial charge in [-0.05, 0) is 42.3 Å². The standard InChI is InChI=1S/C23H25N3O4/c1-15(16-4-8-18(28-2)9-5-16)25-23(27)22-20-13-30-21(12-26(20)14-24-22)17-6-10-19(29-3)11-7-17/h4-11,14-15,21H,12-13H2,1-3H3,(H,25,27)/t15-,21-/m1/s1. The Morgan fingerprint density at radius 2 is 1.73 bits per heavy atom. The first-order chi connectivity index (χ1) is 14.6. The molecular weight excluding hydrogens is 382 g/mol. The normalized spacial score (nSPS) is 16.4. The number of nitrogens with zero attached hydrogens (tertiary/aromatic N) is 2. The summed E-state index contributed by atoms with van der Waals surface area (Å²) in [5.41, 5.74) is 3.25. The van der Waals surface area contributed by atoms with Crippen LogP contribution in [0.2, 0.25) is 0 Å². The number of benzene rings is 2. The second-order valence-corrected chi connectivity index (χ2v) is 7.23. The van der Waals surface area contributed by atoms with Crippen LogP contribution in [0, 0.1) is 0 Å². The van der Waals surface area contributed by atoms with Gasteiger partial charge in [0.2, 0.25) is 0 Å². The summed E-state index contributed by atoms with van der Waals surface area (Å²) in [6.07, 6.45) is 1.62. The number of hydrogen-bond donors (Lipinski definition) is 1. The van der Waals surface area contributed by atoms with Crippen molar-refractivity contribution >= 4 is 5.91 Å². The Balaban J connectivity index is 1.44. The molecule has 1 N–H and O–H groups in total. The Morgan fingerprint density at radius 3 is 2.37 bits per heavy atom. The molecule has 3 aromatic rings. The highest BCUT2D eigenvalue weighted by molar-refractivity contribution is 5.93. The average molecular weight is 407 g/mol. The molecule has 0 radical (unpaired) electrons. The number of imidazole rings is 1. The van der Waals surface area contributed by atoms with Crippen molar-refractivity contribution in [3.05, 3.63) is 77.4 Å². The molecule has 0 saturated carbocycles. The van der Waals surface area contributed by atoms with Gasteiger partial charge >= 0.3 is 0 Å². The van der Waals surface area contributed by atoms with Crippen LogP contribution >= 0.6 is 0 Å². The molecule has 7 heteroatoms. The summed E-state index contributed by atoms with van der Waals surface area (Å²) in [5, 5.41) is 3.02. The van der Waals surface area contributed by atoms with E-state index in [9.17, 15) is 4.79 Å². The lowest BCUT2D eigenvalue weighted by Gasteiger charge is -2.26. The number of carbonyl (C=O) groups excluding carboxylic acids is 1. The third kappa shape index (κ3) is 4.02. The van der Waals surface area contributed by atoms with Gasteiger partial charge in [0.05, 0.1) is 45.4 Å². The number of aromatic nitrogens is 2. The van der Waals surface area contributed by atoms with Gasteiger partial charge in [-0.15, -0.1) is 0 Å². The summed E-state index contributed by atoms with van der Waals surface area (Å²) >= 11 is 0. The highest BCUT2D eigenvalue weighted by Gasteiger charge is 2.27. The molecule has 0 bridgehead atoms. The molecule has 0 spiro atoms. The van der Waals surface area contributed by atoms with E-state index in [4.69, 9.17) is 14.2 Å². The van der Waals surface area contributed by atoms with Gasteiger partial charge in [-0.25, -0.2) is 4.98 Å². The maximum Gasteiger partial charge on any atom is 0.272 e. The third-order valence-electron chi connectivity index (χ3n) is 5.40. The number of ether oxygens (including phenoxy) is 3. The lowest BCUT2D eigenvalue weighted by Crippen LogP contribution is -2.29. The molecule has 7 nitrogen and oxygen atoms in total. The van der Waals surface area contributed by atoms with Crippen LogP contribution in [-0.4, -0.2) is 29.7 Å². The van der Waals surface area contributed by atoms with Crippen LogP contribution in [-0.2, 0) is 17.9 Å². The van der Waals surface area contributed by atoms with Gasteiger partial charge in [-0.2, -0.15) is 0 Å². The van der Waals surface area contributed by atoms with Crippen molar-refractivity contribution in [2.24, 2.45) is 0 Å². The Kier molecular flexibility index (Phi) is 5.72. The summed E-state index contributed by atoms with van der Waals surface area (Å²) < 4.78 is 18.4. The zero-order valence-electron chi connectivity index (χ0n) is 17.3. The highest BCUT2D eigenvalue weighted by Crippen LogP contribution is 2.29. The fraction of sp³-hybridized carbons (Fsp3) is 0.304. The minimum atomic E-state index is -0.210. The second-order valence-electron chi connectivity index (χ2n) is 7.23. The van der Waals surface area contributed by atoms with Crippen LogP contribution in [0.4, 0.5) is 0 Å². The zero-order valence-corrected chi connectivity index (χ0v) is 17.3. The molecule has 0 unspecified atom stereocenters. The minimum Gasteiger partial charge on any atom is -0.497 e. The van der Waals surface area contributed by atoms with Gasteiger partial charge in [0.1, 0.15) is 17.6 Å². The molecule has 0 fully saturated rings. The fourth-order valence-electron chi connectivity index (χ4n) is 3.58. The molecule has 1 amide bonds. The number of fused-ring (bicyclic) bond motifs is 1. The molecule has 2 heterocycles. The molecule has 156 valence electrons. The number of methoxy groups -OCH3 is 2. The molecule has 2 aromatic carbocycles. The van der Waals surface area contributed by atoms with E-state index in [0.717, 1.165) is 28.3 Å². The molecule has 0 saturated heterocycles. The van der Waals surface area contributed by atoms with E-state index in [2.05, 4.69) is 10.3 Å². The highest BCUT2D eigenvalue weighted by atomic mass is 16.5. The molecule has 1 aliphatic heterocycles. The third-order valence-corrected chi connectivity index (χ3v) is 5.40. The quantitative estimate of drug-likeness (QED) is 0.675. The first-order valence-electron chi connectivity index (χ1n) is 9.83. The monoisotopic (exact) mass is 407 g/mol. The van der Waals surface area contributed by atoms with Gasteiger partial charge in [0, 0.05) is 0 Å². The Morgan fingerprint density at radius 1 is 1.10 bits per heavy atom. The lowest BCUT2D eigenvalue weighted by molar-refractivity contribution is 0.00254. The van der Waals surface area contributed by atoms with Gasteiger partial charge < -0.3 is 24.1 Å². The topological polar surface area (TPSA) is 74.6 Å². The average Bonchev–Trinajstić information content (AvgIpc) is 3.22. The van der Waals surface area contributed by atoms with Crippen LogP contribution in [0.15, 0.2) is 54.9 Å². The zero-order chi connectivity index (χ0) is 21.1. The van der Waals surface area contributed by atoms with E-state index in [1.165, 1.54) is 0 Å². The number of nitrogens with one attached hydrogen (secondary N) is 1. The molecule has 1 aromatic heterocycles. The minimum absolute atomic E-state index is 0.0910. The van der Waals surface area contributed by atoms with Crippen LogP contribution in [0.25, 0.3) is 0 Å². The summed E-state index contributed by atoms with van der Waals surface area (Å²) in [4.78, 5) is 17.2. The van der Waals surface area contributed by atoms with E-state index < -0.39 is 0 Å². The SMILES string of the molecule is COc1ccc([C@@H](C)NC(=O)c2ncn3c2CO[C@@H](c2ccc(OC)cc2)C3)cc1. The molecule has 2 atom stereocenters. The van der Waals surface area contributed by atoms with Crippen molar-refractivity contribution in [3.8, 4) is 11.5 Å². The van der Waals surface area contributed by atoms with Gasteiger partial charge in [-0.1, -0.05) is 24.3 Å². The molecular formula is C23H25N3O4. The van der Waals surface area contributed by atoms with Crippen molar-refractivity contribution < 1.29 is 19.0 Å². The first kappa shape index (κ1) is 20.0. The number of carbonyl (C=O) groups is 1. The van der Waals surface area contributed by atoms with Gasteiger partial charge in [-0.3, -0.25) is 4.79 Å². The maximum absolute atomic E-state index is 12.8. The summed E-state index contributed by atoms with van der Waals surface area (Å²) in [5.74, 6) is 1.38. The van der Waals surface area contributed by atoms with E-state index in [0.29, 0.717) is 18.8 Å². The summed E-state index contributed by atoms with van der Waals surface area (Å²) in [6, 6.07) is 15.3. The smallest absolute Gasteiger partial charge is 0.272 e. The van der Waals surface area contributed by atoms with Crippen molar-refractivity contribution in [3.63, 3.8) is 0 Å². The van der Waals surface area contributed by atoms with E-state index in [-0.39, 0.29) is 18.1 Å². The van der Waals surface area contributed by atoms with Gasteiger partial charge in [0.15, 0.2) is 5.69 Å². The van der Waals surface area contributed by atoms with Crippen LogP contribution < -0.4 is 14.8 Å². The first-order valence-corrected chi connectivity index (χ1v) is 9.83. The molecule has 30 heavy (non-hydrogen) atoms. The predicted octanol–water partition coefficient (Wildman–Crippen LogP) is 3.66. The van der Waals surface area contributed by atoms with Crippen LogP contribution in [0.1, 0.15) is 46.4 Å². The number of rotatable bonds is 6. The predicted molar refractivity (Wildman–Crippen MR) is 112 cm³/mol. The summed E-state index contributed by atoms with van der Waals surface area (Å²) in [7, 11) is 3.27. The van der Waals surface area contributed by atoms with Crippen molar-refractivity contribution in [1.29, 1.82) is 0 Å². The van der Waals surface area contributed by atoms with Crippen LogP contribution in [0.5, 0.6) is 11.5 Å². The molecule has 0 aliphatic carbocycles. The second kappa shape index (κ2) is 8.59. The fourth-order valence-corrected chi connectivity index (χ4v) is 3.58.